The smallest absolute Gasteiger partial charge is 0.163 e. The lowest BCUT2D eigenvalue weighted by molar-refractivity contribution is 0.943. The summed E-state index contributed by atoms with van der Waals surface area (Å²) in [7, 11) is -0.963. The molecule has 0 spiro atoms. The van der Waals surface area contributed by atoms with Crippen molar-refractivity contribution in [2.24, 2.45) is 0 Å². The summed E-state index contributed by atoms with van der Waals surface area (Å²) < 4.78 is 0. The minimum absolute atomic E-state index is 0.463. The summed E-state index contributed by atoms with van der Waals surface area (Å²) in [6, 6.07) is 18.7. The molecule has 103 valence electrons. The van der Waals surface area contributed by atoms with Gasteiger partial charge in [0.05, 0.1) is 0 Å². The Kier molecular flexibility index (Phi) is 3.32. The van der Waals surface area contributed by atoms with Gasteiger partial charge in [0.1, 0.15) is 0 Å². The summed E-state index contributed by atoms with van der Waals surface area (Å²) >= 11 is 6.79. The second-order valence-corrected chi connectivity index (χ2v) is 8.89. The number of benzene rings is 2. The lowest BCUT2D eigenvalue weighted by Gasteiger charge is -2.17. The van der Waals surface area contributed by atoms with E-state index < -0.39 is 8.11 Å². The standard InChI is InChI=1S/C19H16ClSi/c20-21(14-7-1-2-8-14)13-19-17-11-5-3-9-15(17)16-10-4-6-12-18(16)19/h1-7,9-12,19H,8,13H2. The molecule has 0 saturated carbocycles. The van der Waals surface area contributed by atoms with Gasteiger partial charge in [-0.15, -0.1) is 0 Å². The van der Waals surface area contributed by atoms with Crippen LogP contribution in [0.4, 0.5) is 0 Å². The van der Waals surface area contributed by atoms with Crippen molar-refractivity contribution >= 4 is 19.2 Å². The first-order valence-corrected chi connectivity index (χ1v) is 10.1. The molecule has 0 fully saturated rings. The van der Waals surface area contributed by atoms with Crippen LogP contribution in [0.15, 0.2) is 72.0 Å². The number of rotatable bonds is 3. The highest BCUT2D eigenvalue weighted by Crippen LogP contribution is 2.47. The highest BCUT2D eigenvalue weighted by atomic mass is 35.6. The van der Waals surface area contributed by atoms with E-state index in [1.165, 1.54) is 27.5 Å². The highest BCUT2D eigenvalue weighted by molar-refractivity contribution is 7.11. The van der Waals surface area contributed by atoms with Gasteiger partial charge < -0.3 is 0 Å². The van der Waals surface area contributed by atoms with Crippen LogP contribution in [0, 0.1) is 0 Å². The maximum absolute atomic E-state index is 6.79. The van der Waals surface area contributed by atoms with E-state index in [0.717, 1.165) is 12.5 Å². The van der Waals surface area contributed by atoms with Crippen LogP contribution in [-0.2, 0) is 0 Å². The molecule has 2 aromatic rings. The van der Waals surface area contributed by atoms with E-state index in [2.05, 4.69) is 66.8 Å². The van der Waals surface area contributed by atoms with E-state index in [4.69, 9.17) is 11.1 Å². The van der Waals surface area contributed by atoms with Gasteiger partial charge >= 0.3 is 0 Å². The van der Waals surface area contributed by atoms with Crippen molar-refractivity contribution in [3.63, 3.8) is 0 Å². The van der Waals surface area contributed by atoms with Crippen molar-refractivity contribution in [2.45, 2.75) is 18.4 Å². The third kappa shape index (κ3) is 2.21. The zero-order chi connectivity index (χ0) is 14.2. The number of hydrogen-bond donors (Lipinski definition) is 0. The molecule has 1 radical (unpaired) electrons. The Balaban J connectivity index is 1.71. The molecule has 0 nitrogen and oxygen atoms in total. The molecule has 0 amide bonds. The van der Waals surface area contributed by atoms with E-state index in [0.29, 0.717) is 5.92 Å². The summed E-state index contributed by atoms with van der Waals surface area (Å²) in [6.07, 6.45) is 7.61. The molecular weight excluding hydrogens is 292 g/mol. The van der Waals surface area contributed by atoms with Crippen molar-refractivity contribution in [2.75, 3.05) is 0 Å². The predicted molar refractivity (Wildman–Crippen MR) is 92.0 cm³/mol. The molecular formula is C19H16ClSi. The lowest BCUT2D eigenvalue weighted by atomic mass is 9.99. The van der Waals surface area contributed by atoms with Crippen LogP contribution < -0.4 is 0 Å². The topological polar surface area (TPSA) is 0 Å². The molecule has 2 heteroatoms. The Morgan fingerprint density at radius 3 is 2.14 bits per heavy atom. The Morgan fingerprint density at radius 2 is 1.57 bits per heavy atom. The maximum atomic E-state index is 6.79. The summed E-state index contributed by atoms with van der Waals surface area (Å²) in [5, 5.41) is 1.45. The Bertz CT molecular complexity index is 699. The fraction of sp³-hybridized carbons (Fsp3) is 0.158. The van der Waals surface area contributed by atoms with Gasteiger partial charge in [-0.3, -0.25) is 0 Å². The second-order valence-electron chi connectivity index (χ2n) is 5.66. The number of halogens is 1. The van der Waals surface area contributed by atoms with E-state index in [-0.39, 0.29) is 0 Å². The van der Waals surface area contributed by atoms with Crippen LogP contribution in [0.2, 0.25) is 6.04 Å². The number of allylic oxidation sites excluding steroid dienone is 4. The maximum Gasteiger partial charge on any atom is 0.196 e. The SMILES string of the molecule is Cl[Si](CC1c2ccccc2-c2ccccc21)C1=CC=CC1. The quantitative estimate of drug-likeness (QED) is 0.522. The summed E-state index contributed by atoms with van der Waals surface area (Å²) in [6.45, 7) is 0. The lowest BCUT2D eigenvalue weighted by Crippen LogP contribution is -2.12. The van der Waals surface area contributed by atoms with Gasteiger partial charge in [-0.05, 0) is 34.7 Å². The minimum Gasteiger partial charge on any atom is -0.163 e. The predicted octanol–water partition coefficient (Wildman–Crippen LogP) is 5.45. The van der Waals surface area contributed by atoms with Crippen LogP contribution in [0.3, 0.4) is 0 Å². The van der Waals surface area contributed by atoms with Crippen LogP contribution in [0.1, 0.15) is 23.5 Å². The molecule has 0 aromatic heterocycles. The molecule has 2 aromatic carbocycles. The molecule has 4 rings (SSSR count). The minimum atomic E-state index is -0.963. The van der Waals surface area contributed by atoms with E-state index in [1.807, 2.05) is 0 Å². The highest BCUT2D eigenvalue weighted by Gasteiger charge is 2.31. The first-order chi connectivity index (χ1) is 10.3. The third-order valence-electron chi connectivity index (χ3n) is 4.47. The second kappa shape index (κ2) is 5.32. The molecule has 2 aliphatic carbocycles. The molecule has 0 heterocycles. The van der Waals surface area contributed by atoms with Crippen molar-refractivity contribution in [3.05, 3.63) is 83.1 Å². The van der Waals surface area contributed by atoms with E-state index >= 15 is 0 Å². The van der Waals surface area contributed by atoms with Gasteiger partial charge in [-0.2, -0.15) is 11.1 Å². The molecule has 2 aliphatic rings. The van der Waals surface area contributed by atoms with Gasteiger partial charge in [-0.1, -0.05) is 72.0 Å². The molecule has 21 heavy (non-hydrogen) atoms. The largest absolute Gasteiger partial charge is 0.196 e. The van der Waals surface area contributed by atoms with Crippen LogP contribution in [-0.4, -0.2) is 8.11 Å². The van der Waals surface area contributed by atoms with Gasteiger partial charge in [0, 0.05) is 5.92 Å². The van der Waals surface area contributed by atoms with Crippen molar-refractivity contribution in [1.29, 1.82) is 0 Å². The number of hydrogen-bond acceptors (Lipinski definition) is 0. The average molecular weight is 308 g/mol. The van der Waals surface area contributed by atoms with Crippen LogP contribution in [0.25, 0.3) is 11.1 Å². The molecule has 0 atom stereocenters. The van der Waals surface area contributed by atoms with Crippen LogP contribution >= 0.6 is 11.1 Å². The Labute approximate surface area is 132 Å². The first kappa shape index (κ1) is 13.1. The van der Waals surface area contributed by atoms with Crippen molar-refractivity contribution < 1.29 is 0 Å². The Morgan fingerprint density at radius 1 is 0.952 bits per heavy atom. The summed E-state index contributed by atoms with van der Waals surface area (Å²) in [5.74, 6) is 0.463. The van der Waals surface area contributed by atoms with Gasteiger partial charge in [0.2, 0.25) is 0 Å². The Hall–Kier alpha value is -1.57. The van der Waals surface area contributed by atoms with Crippen molar-refractivity contribution in [3.8, 4) is 11.1 Å². The van der Waals surface area contributed by atoms with Crippen LogP contribution in [0.5, 0.6) is 0 Å². The summed E-state index contributed by atoms with van der Waals surface area (Å²) in [4.78, 5) is 0. The summed E-state index contributed by atoms with van der Waals surface area (Å²) in [5.41, 5.74) is 5.69. The fourth-order valence-electron chi connectivity index (χ4n) is 3.44. The van der Waals surface area contributed by atoms with Crippen molar-refractivity contribution in [1.82, 2.24) is 0 Å². The van der Waals surface area contributed by atoms with Gasteiger partial charge in [0.25, 0.3) is 0 Å². The van der Waals surface area contributed by atoms with E-state index in [1.54, 1.807) is 0 Å². The fourth-order valence-corrected chi connectivity index (χ4v) is 6.00. The molecule has 0 N–H and O–H groups in total. The zero-order valence-corrected chi connectivity index (χ0v) is 13.5. The number of fused-ring (bicyclic) bond motifs is 3. The van der Waals surface area contributed by atoms with Gasteiger partial charge in [0.15, 0.2) is 8.11 Å². The average Bonchev–Trinajstić information content (AvgIpc) is 3.15. The molecule has 0 unspecified atom stereocenters. The first-order valence-electron chi connectivity index (χ1n) is 7.40. The molecule has 0 bridgehead atoms. The zero-order valence-electron chi connectivity index (χ0n) is 11.7. The molecule has 0 saturated heterocycles. The molecule has 0 aliphatic heterocycles. The van der Waals surface area contributed by atoms with Gasteiger partial charge in [-0.25, -0.2) is 0 Å². The van der Waals surface area contributed by atoms with E-state index in [9.17, 15) is 0 Å². The normalized spacial score (nSPS) is 16.2. The monoisotopic (exact) mass is 307 g/mol. The third-order valence-corrected chi connectivity index (χ3v) is 7.49.